The van der Waals surface area contributed by atoms with Gasteiger partial charge in [0.25, 0.3) is 0 Å². The van der Waals surface area contributed by atoms with Gasteiger partial charge in [0.2, 0.25) is 0 Å². The minimum Gasteiger partial charge on any atom is -0.310 e. The predicted octanol–water partition coefficient (Wildman–Crippen LogP) is 26.2. The Kier molecular flexibility index (Phi) is 14.3. The Hall–Kier alpha value is -11.3. The number of rotatable bonds is 10. The summed E-state index contributed by atoms with van der Waals surface area (Å²) in [6.45, 7) is 18.8. The third-order valence-electron chi connectivity index (χ3n) is 22.2. The van der Waals surface area contributed by atoms with E-state index in [2.05, 4.69) is 393 Å². The molecule has 0 bridgehead atoms. The summed E-state index contributed by atoms with van der Waals surface area (Å²) in [6.07, 6.45) is 0. The first kappa shape index (κ1) is 60.4. The van der Waals surface area contributed by atoms with E-state index in [9.17, 15) is 0 Å². The fourth-order valence-corrected chi connectivity index (χ4v) is 16.9. The molecule has 14 aromatic carbocycles. The van der Waals surface area contributed by atoms with Gasteiger partial charge in [0, 0.05) is 55.7 Å². The van der Waals surface area contributed by atoms with Gasteiger partial charge in [0.05, 0.1) is 5.69 Å². The first-order chi connectivity index (χ1) is 47.6. The van der Waals surface area contributed by atoms with Crippen LogP contribution in [0.4, 0.5) is 34.1 Å². The van der Waals surface area contributed by atoms with Crippen molar-refractivity contribution >= 4 is 34.1 Å². The number of benzene rings is 14. The van der Waals surface area contributed by atoms with E-state index in [1.807, 2.05) is 0 Å². The van der Waals surface area contributed by atoms with Crippen molar-refractivity contribution in [3.05, 3.63) is 372 Å². The monoisotopic (exact) mass is 1260 g/mol. The Morgan fingerprint density at radius 1 is 0.173 bits per heavy atom. The molecule has 18 rings (SSSR count). The summed E-state index contributed by atoms with van der Waals surface area (Å²) in [4.78, 5) is 4.84. The average Bonchev–Trinajstić information content (AvgIpc) is 1.60. The first-order valence-electron chi connectivity index (χ1n) is 34.7. The molecule has 0 saturated carbocycles. The second-order valence-electron chi connectivity index (χ2n) is 29.2. The number of hydrogen-bond acceptors (Lipinski definition) is 2. The van der Waals surface area contributed by atoms with E-state index in [4.69, 9.17) is 0 Å². The Morgan fingerprint density at radius 2 is 0.459 bits per heavy atom. The first-order valence-corrected chi connectivity index (χ1v) is 34.7. The summed E-state index contributed by atoms with van der Waals surface area (Å²) in [7, 11) is 0. The number of nitrogens with zero attached hydrogens (tertiary/aromatic N) is 2. The molecule has 14 aromatic rings. The SMILES string of the molecule is CC1(C)c2ccccc2-c2cc(N(c3ccc(-c4ccccc4)cc3)c3ccc(-c4ccc5c(c4)C(C)(C)c4ccccc4-5)cc3)ccc21.CC1(C)c2ccccc2-c2ccc(-c3ccc(N(c4ccc(-c5ccccc5)cc4)c4cccc5c4-c4ccccc4C5(C)C)cc3)cc21. The number of fused-ring (bicyclic) bond motifs is 12. The van der Waals surface area contributed by atoms with Crippen LogP contribution in [0.15, 0.2) is 328 Å². The van der Waals surface area contributed by atoms with Gasteiger partial charge < -0.3 is 9.80 Å². The average molecular weight is 1260 g/mol. The van der Waals surface area contributed by atoms with Gasteiger partial charge in [-0.15, -0.1) is 0 Å². The fraction of sp³-hybridized carbons (Fsp3) is 0.125. The standard InChI is InChI=1S/2C48H39N/c1-47(2)42-18-11-9-16-40(42)46-43(47)19-12-20-45(46)49(36-26-21-33(22-27-36)32-13-6-5-7-14-32)37-28-23-34(24-29-37)35-25-30-39-38-15-8-10-17-41(38)48(3,4)44(39)31-35;1-47(2)44-17-11-9-15-40(44)42-31-38(27-29-45(42)47)49(36-23-18-33(19-24-36)32-12-6-5-7-13-32)37-25-20-34(21-26-37)35-22-28-41-39-14-8-10-16-43(39)48(3,4)46(41)30-35/h2*5-31H,1-4H3. The van der Waals surface area contributed by atoms with Gasteiger partial charge in [-0.25, -0.2) is 0 Å². The second-order valence-corrected chi connectivity index (χ2v) is 29.2. The summed E-state index contributed by atoms with van der Waals surface area (Å²) in [5, 5.41) is 0. The van der Waals surface area contributed by atoms with Gasteiger partial charge in [-0.2, -0.15) is 0 Å². The molecule has 0 unspecified atom stereocenters. The maximum Gasteiger partial charge on any atom is 0.0543 e. The van der Waals surface area contributed by atoms with Crippen molar-refractivity contribution < 1.29 is 0 Å². The Balaban J connectivity index is 0.000000147. The summed E-state index contributed by atoms with van der Waals surface area (Å²) in [6, 6.07) is 121. The van der Waals surface area contributed by atoms with Crippen molar-refractivity contribution in [2.45, 2.75) is 77.0 Å². The minimum absolute atomic E-state index is 0.0225. The van der Waals surface area contributed by atoms with Crippen LogP contribution in [0.25, 0.3) is 89.0 Å². The third kappa shape index (κ3) is 9.82. The third-order valence-corrected chi connectivity index (χ3v) is 22.2. The number of hydrogen-bond donors (Lipinski definition) is 0. The molecule has 2 heteroatoms. The summed E-state index contributed by atoms with van der Waals surface area (Å²) >= 11 is 0. The molecule has 4 aliphatic rings. The van der Waals surface area contributed by atoms with E-state index < -0.39 is 0 Å². The van der Waals surface area contributed by atoms with Crippen LogP contribution in [-0.4, -0.2) is 0 Å². The van der Waals surface area contributed by atoms with Crippen LogP contribution in [0.5, 0.6) is 0 Å². The van der Waals surface area contributed by atoms with Gasteiger partial charge in [-0.1, -0.05) is 304 Å². The highest BCUT2D eigenvalue weighted by Gasteiger charge is 2.40. The fourth-order valence-electron chi connectivity index (χ4n) is 16.9. The maximum atomic E-state index is 2.44. The van der Waals surface area contributed by atoms with Gasteiger partial charge in [0.1, 0.15) is 0 Å². The molecule has 0 atom stereocenters. The van der Waals surface area contributed by atoms with Crippen LogP contribution in [-0.2, 0) is 21.7 Å². The van der Waals surface area contributed by atoms with E-state index in [-0.39, 0.29) is 21.7 Å². The van der Waals surface area contributed by atoms with Crippen LogP contribution in [0.2, 0.25) is 0 Å². The summed E-state index contributed by atoms with van der Waals surface area (Å²) in [5.74, 6) is 0. The summed E-state index contributed by atoms with van der Waals surface area (Å²) < 4.78 is 0. The highest BCUT2D eigenvalue weighted by molar-refractivity contribution is 5.96. The van der Waals surface area contributed by atoms with Crippen LogP contribution in [0, 0.1) is 0 Å². The molecule has 4 aliphatic carbocycles. The molecule has 98 heavy (non-hydrogen) atoms. The molecule has 0 aliphatic heterocycles. The lowest BCUT2D eigenvalue weighted by Crippen LogP contribution is -2.16. The second kappa shape index (κ2) is 23.2. The van der Waals surface area contributed by atoms with Crippen molar-refractivity contribution in [1.29, 1.82) is 0 Å². The zero-order valence-electron chi connectivity index (χ0n) is 57.1. The molecule has 0 amide bonds. The molecular weight excluding hydrogens is 1180 g/mol. The Morgan fingerprint density at radius 3 is 0.898 bits per heavy atom. The van der Waals surface area contributed by atoms with Crippen LogP contribution in [0.3, 0.4) is 0 Å². The smallest absolute Gasteiger partial charge is 0.0543 e. The van der Waals surface area contributed by atoms with E-state index in [1.54, 1.807) is 0 Å². The molecule has 0 saturated heterocycles. The highest BCUT2D eigenvalue weighted by atomic mass is 15.1. The molecule has 0 aromatic heterocycles. The molecular formula is C96H78N2. The van der Waals surface area contributed by atoms with Crippen LogP contribution >= 0.6 is 0 Å². The molecule has 2 nitrogen and oxygen atoms in total. The number of anilines is 6. The molecule has 0 fully saturated rings. The van der Waals surface area contributed by atoms with Gasteiger partial charge in [-0.3, -0.25) is 0 Å². The molecule has 0 spiro atoms. The van der Waals surface area contributed by atoms with Crippen molar-refractivity contribution in [3.63, 3.8) is 0 Å². The van der Waals surface area contributed by atoms with Gasteiger partial charge in [0.15, 0.2) is 0 Å². The minimum atomic E-state index is -0.0738. The lowest BCUT2D eigenvalue weighted by atomic mass is 9.81. The topological polar surface area (TPSA) is 6.48 Å². The van der Waals surface area contributed by atoms with Gasteiger partial charge in [-0.05, 0) is 207 Å². The van der Waals surface area contributed by atoms with Crippen LogP contribution in [0.1, 0.15) is 99.9 Å². The highest BCUT2D eigenvalue weighted by Crippen LogP contribution is 2.57. The molecule has 0 radical (unpaired) electrons. The zero-order valence-corrected chi connectivity index (χ0v) is 57.1. The Bertz CT molecular complexity index is 5400. The largest absolute Gasteiger partial charge is 0.310 e. The lowest BCUT2D eigenvalue weighted by Gasteiger charge is -2.29. The van der Waals surface area contributed by atoms with Crippen LogP contribution < -0.4 is 9.80 Å². The molecule has 0 heterocycles. The molecule has 472 valence electrons. The summed E-state index contributed by atoms with van der Waals surface area (Å²) in [5.41, 5.74) is 38.5. The van der Waals surface area contributed by atoms with E-state index in [1.165, 1.54) is 139 Å². The quantitative estimate of drug-likeness (QED) is 0.135. The van der Waals surface area contributed by atoms with Crippen molar-refractivity contribution in [3.8, 4) is 89.0 Å². The van der Waals surface area contributed by atoms with Crippen molar-refractivity contribution in [2.75, 3.05) is 9.80 Å². The van der Waals surface area contributed by atoms with Crippen molar-refractivity contribution in [2.24, 2.45) is 0 Å². The lowest BCUT2D eigenvalue weighted by molar-refractivity contribution is 0.660. The van der Waals surface area contributed by atoms with E-state index >= 15 is 0 Å². The van der Waals surface area contributed by atoms with Crippen molar-refractivity contribution in [1.82, 2.24) is 0 Å². The predicted molar refractivity (Wildman–Crippen MR) is 414 cm³/mol. The maximum absolute atomic E-state index is 2.44. The normalized spacial score (nSPS) is 14.4. The Labute approximate surface area is 578 Å². The van der Waals surface area contributed by atoms with E-state index in [0.29, 0.717) is 0 Å². The molecule has 0 N–H and O–H groups in total. The van der Waals surface area contributed by atoms with Gasteiger partial charge >= 0.3 is 0 Å². The van der Waals surface area contributed by atoms with E-state index in [0.717, 1.165) is 28.4 Å². The zero-order chi connectivity index (χ0) is 66.7.